The Labute approximate surface area is 103 Å². The maximum atomic E-state index is 12.1. The summed E-state index contributed by atoms with van der Waals surface area (Å²) in [6, 6.07) is 9.74. The summed E-state index contributed by atoms with van der Waals surface area (Å²) in [5.41, 5.74) is 1.08. The van der Waals surface area contributed by atoms with Gasteiger partial charge in [-0.25, -0.2) is 8.42 Å². The molecule has 0 aromatic heterocycles. The van der Waals surface area contributed by atoms with Crippen molar-refractivity contribution < 1.29 is 8.42 Å². The molecule has 1 fully saturated rings. The zero-order chi connectivity index (χ0) is 12.1. The van der Waals surface area contributed by atoms with Crippen LogP contribution in [0, 0.1) is 0 Å². The Morgan fingerprint density at radius 2 is 1.76 bits per heavy atom. The predicted molar refractivity (Wildman–Crippen MR) is 68.4 cm³/mol. The van der Waals surface area contributed by atoms with E-state index in [-0.39, 0.29) is 5.75 Å². The van der Waals surface area contributed by atoms with Crippen molar-refractivity contribution in [1.29, 1.82) is 0 Å². The first kappa shape index (κ1) is 12.5. The van der Waals surface area contributed by atoms with Crippen molar-refractivity contribution in [2.75, 3.05) is 31.9 Å². The van der Waals surface area contributed by atoms with Gasteiger partial charge in [0.2, 0.25) is 10.0 Å². The zero-order valence-corrected chi connectivity index (χ0v) is 10.6. The fourth-order valence-corrected chi connectivity index (χ4v) is 3.43. The standard InChI is InChI=1S/C12H18N2O2S/c15-17(16,14-9-7-13-8-10-14)11-6-12-4-2-1-3-5-12/h1-5,13H,6-11H2. The Morgan fingerprint density at radius 1 is 1.12 bits per heavy atom. The summed E-state index contributed by atoms with van der Waals surface area (Å²) in [5.74, 6) is 0.205. The van der Waals surface area contributed by atoms with Crippen LogP contribution in [0.1, 0.15) is 5.56 Å². The Hall–Kier alpha value is -0.910. The van der Waals surface area contributed by atoms with Crippen LogP contribution in [0.25, 0.3) is 0 Å². The van der Waals surface area contributed by atoms with Gasteiger partial charge in [0.05, 0.1) is 5.75 Å². The molecule has 1 aromatic rings. The van der Waals surface area contributed by atoms with E-state index in [1.54, 1.807) is 4.31 Å². The number of benzene rings is 1. The molecule has 1 aliphatic heterocycles. The van der Waals surface area contributed by atoms with Crippen LogP contribution >= 0.6 is 0 Å². The third-order valence-electron chi connectivity index (χ3n) is 2.96. The normalized spacial score (nSPS) is 18.1. The molecule has 4 nitrogen and oxygen atoms in total. The predicted octanol–water partition coefficient (Wildman–Crippen LogP) is 0.464. The van der Waals surface area contributed by atoms with Gasteiger partial charge >= 0.3 is 0 Å². The van der Waals surface area contributed by atoms with E-state index in [2.05, 4.69) is 5.32 Å². The highest BCUT2D eigenvalue weighted by molar-refractivity contribution is 7.89. The number of nitrogens with one attached hydrogen (secondary N) is 1. The molecular weight excluding hydrogens is 236 g/mol. The average Bonchev–Trinajstić information content (AvgIpc) is 2.39. The van der Waals surface area contributed by atoms with E-state index in [1.807, 2.05) is 30.3 Å². The Bertz CT molecular complexity index is 439. The van der Waals surface area contributed by atoms with Crippen molar-refractivity contribution in [3.05, 3.63) is 35.9 Å². The maximum Gasteiger partial charge on any atom is 0.214 e. The highest BCUT2D eigenvalue weighted by Gasteiger charge is 2.23. The minimum Gasteiger partial charge on any atom is -0.314 e. The lowest BCUT2D eigenvalue weighted by atomic mass is 10.2. The molecule has 0 radical (unpaired) electrons. The number of aryl methyl sites for hydroxylation is 1. The molecule has 0 atom stereocenters. The summed E-state index contributed by atoms with van der Waals surface area (Å²) in [5, 5.41) is 3.15. The third-order valence-corrected chi connectivity index (χ3v) is 4.83. The van der Waals surface area contributed by atoms with Gasteiger partial charge in [-0.05, 0) is 12.0 Å². The summed E-state index contributed by atoms with van der Waals surface area (Å²) < 4.78 is 25.7. The molecule has 0 saturated carbocycles. The summed E-state index contributed by atoms with van der Waals surface area (Å²) in [4.78, 5) is 0. The molecule has 0 aliphatic carbocycles. The molecule has 5 heteroatoms. The fourth-order valence-electron chi connectivity index (χ4n) is 1.94. The molecule has 17 heavy (non-hydrogen) atoms. The van der Waals surface area contributed by atoms with E-state index in [0.29, 0.717) is 19.5 Å². The molecule has 1 saturated heterocycles. The second-order valence-electron chi connectivity index (χ2n) is 4.20. The molecule has 0 spiro atoms. The lowest BCUT2D eigenvalue weighted by molar-refractivity contribution is 0.360. The van der Waals surface area contributed by atoms with Gasteiger partial charge in [-0.2, -0.15) is 4.31 Å². The van der Waals surface area contributed by atoms with Gasteiger partial charge in [0.25, 0.3) is 0 Å². The first-order chi connectivity index (χ1) is 8.18. The zero-order valence-electron chi connectivity index (χ0n) is 9.80. The van der Waals surface area contributed by atoms with E-state index >= 15 is 0 Å². The Balaban J connectivity index is 1.93. The largest absolute Gasteiger partial charge is 0.314 e. The smallest absolute Gasteiger partial charge is 0.214 e. The molecule has 1 aliphatic rings. The van der Waals surface area contributed by atoms with Gasteiger partial charge < -0.3 is 5.32 Å². The lowest BCUT2D eigenvalue weighted by Crippen LogP contribution is -2.47. The second kappa shape index (κ2) is 5.62. The van der Waals surface area contributed by atoms with Crippen LogP contribution in [-0.2, 0) is 16.4 Å². The topological polar surface area (TPSA) is 49.4 Å². The van der Waals surface area contributed by atoms with Crippen molar-refractivity contribution in [3.63, 3.8) is 0 Å². The van der Waals surface area contributed by atoms with E-state index < -0.39 is 10.0 Å². The minimum atomic E-state index is -3.09. The van der Waals surface area contributed by atoms with Crippen LogP contribution in [0.3, 0.4) is 0 Å². The summed E-state index contributed by atoms with van der Waals surface area (Å²) >= 11 is 0. The molecule has 1 heterocycles. The summed E-state index contributed by atoms with van der Waals surface area (Å²) in [7, 11) is -3.09. The van der Waals surface area contributed by atoms with Gasteiger partial charge in [-0.3, -0.25) is 0 Å². The fraction of sp³-hybridized carbons (Fsp3) is 0.500. The van der Waals surface area contributed by atoms with Crippen molar-refractivity contribution in [2.24, 2.45) is 0 Å². The van der Waals surface area contributed by atoms with Crippen LogP contribution < -0.4 is 5.32 Å². The second-order valence-corrected chi connectivity index (χ2v) is 6.29. The van der Waals surface area contributed by atoms with Gasteiger partial charge in [-0.1, -0.05) is 30.3 Å². The van der Waals surface area contributed by atoms with Crippen molar-refractivity contribution >= 4 is 10.0 Å². The quantitative estimate of drug-likeness (QED) is 0.849. The number of hydrogen-bond donors (Lipinski definition) is 1. The van der Waals surface area contributed by atoms with Gasteiger partial charge in [0.1, 0.15) is 0 Å². The van der Waals surface area contributed by atoms with Crippen molar-refractivity contribution in [1.82, 2.24) is 9.62 Å². The number of piperazine rings is 1. The minimum absolute atomic E-state index is 0.205. The lowest BCUT2D eigenvalue weighted by Gasteiger charge is -2.26. The van der Waals surface area contributed by atoms with Crippen LogP contribution in [-0.4, -0.2) is 44.7 Å². The average molecular weight is 254 g/mol. The molecule has 1 aromatic carbocycles. The molecule has 94 valence electrons. The van der Waals surface area contributed by atoms with E-state index in [0.717, 1.165) is 18.7 Å². The van der Waals surface area contributed by atoms with Crippen molar-refractivity contribution in [3.8, 4) is 0 Å². The monoisotopic (exact) mass is 254 g/mol. The summed E-state index contributed by atoms with van der Waals surface area (Å²) in [6.45, 7) is 2.70. The molecular formula is C12H18N2O2S. The molecule has 2 rings (SSSR count). The number of sulfonamides is 1. The molecule has 0 unspecified atom stereocenters. The van der Waals surface area contributed by atoms with Gasteiger partial charge in [0.15, 0.2) is 0 Å². The highest BCUT2D eigenvalue weighted by atomic mass is 32.2. The number of hydrogen-bond acceptors (Lipinski definition) is 3. The van der Waals surface area contributed by atoms with Gasteiger partial charge in [0, 0.05) is 26.2 Å². The SMILES string of the molecule is O=S(=O)(CCc1ccccc1)N1CCNCC1. The summed E-state index contributed by atoms with van der Waals surface area (Å²) in [6.07, 6.45) is 0.590. The Kier molecular flexibility index (Phi) is 4.15. The van der Waals surface area contributed by atoms with Crippen LogP contribution in [0.4, 0.5) is 0 Å². The molecule has 1 N–H and O–H groups in total. The number of nitrogens with zero attached hydrogens (tertiary/aromatic N) is 1. The van der Waals surface area contributed by atoms with Crippen LogP contribution in [0.2, 0.25) is 0 Å². The first-order valence-electron chi connectivity index (χ1n) is 5.91. The van der Waals surface area contributed by atoms with Crippen LogP contribution in [0.5, 0.6) is 0 Å². The van der Waals surface area contributed by atoms with E-state index in [4.69, 9.17) is 0 Å². The first-order valence-corrected chi connectivity index (χ1v) is 7.52. The highest BCUT2D eigenvalue weighted by Crippen LogP contribution is 2.07. The van der Waals surface area contributed by atoms with E-state index in [9.17, 15) is 8.42 Å². The molecule has 0 amide bonds. The Morgan fingerprint density at radius 3 is 2.41 bits per heavy atom. The number of rotatable bonds is 4. The van der Waals surface area contributed by atoms with Gasteiger partial charge in [-0.15, -0.1) is 0 Å². The molecule has 0 bridgehead atoms. The van der Waals surface area contributed by atoms with Crippen molar-refractivity contribution in [2.45, 2.75) is 6.42 Å². The third kappa shape index (κ3) is 3.52. The van der Waals surface area contributed by atoms with E-state index in [1.165, 1.54) is 0 Å². The maximum absolute atomic E-state index is 12.1. The van der Waals surface area contributed by atoms with Crippen LogP contribution in [0.15, 0.2) is 30.3 Å².